The Morgan fingerprint density at radius 1 is 1.17 bits per heavy atom. The summed E-state index contributed by atoms with van der Waals surface area (Å²) in [6.07, 6.45) is 4.87. The lowest BCUT2D eigenvalue weighted by atomic mass is 9.97. The fourth-order valence-corrected chi connectivity index (χ4v) is 6.24. The van der Waals surface area contributed by atoms with E-state index in [1.54, 1.807) is 33.7 Å². The summed E-state index contributed by atoms with van der Waals surface area (Å²) in [5.41, 5.74) is 1.82. The molecule has 1 aromatic carbocycles. The van der Waals surface area contributed by atoms with Crippen molar-refractivity contribution in [1.29, 1.82) is 0 Å². The van der Waals surface area contributed by atoms with Crippen LogP contribution in [-0.4, -0.2) is 66.5 Å². The summed E-state index contributed by atoms with van der Waals surface area (Å²) < 4.78 is 1.53. The van der Waals surface area contributed by atoms with E-state index in [0.717, 1.165) is 17.1 Å². The molecule has 11 heteroatoms. The standard InChI is InChI=1S/C25H26Cl2N6O2S/c1-4-16-12-19(27)20(31-10-11-36-24(16)31)22(34)30-8-9-32(25(2,3)14-30)23(35)21-28-15-33(29-21)18-7-5-6-17(26)13-18/h5-7,10-11,13,15H,4,8-9,12,14H2,1-3H3. The van der Waals surface area contributed by atoms with Crippen molar-refractivity contribution < 1.29 is 9.59 Å². The highest BCUT2D eigenvalue weighted by Crippen LogP contribution is 2.44. The number of fused-ring (bicyclic) bond motifs is 1. The number of aromatic nitrogens is 3. The molecule has 2 aromatic rings. The van der Waals surface area contributed by atoms with Gasteiger partial charge < -0.3 is 14.7 Å². The molecule has 3 aliphatic heterocycles. The van der Waals surface area contributed by atoms with E-state index >= 15 is 0 Å². The average Bonchev–Trinajstić information content (AvgIpc) is 3.52. The van der Waals surface area contributed by atoms with Crippen molar-refractivity contribution >= 4 is 46.8 Å². The molecule has 1 aromatic heterocycles. The molecule has 0 saturated carbocycles. The summed E-state index contributed by atoms with van der Waals surface area (Å²) in [7, 11) is 0. The van der Waals surface area contributed by atoms with Gasteiger partial charge in [0, 0.05) is 37.3 Å². The highest BCUT2D eigenvalue weighted by molar-refractivity contribution is 8.06. The fraction of sp³-hybridized carbons (Fsp3) is 0.360. The van der Waals surface area contributed by atoms with Crippen molar-refractivity contribution in [1.82, 2.24) is 29.5 Å². The minimum Gasteiger partial charge on any atom is -0.333 e. The first-order chi connectivity index (χ1) is 17.2. The van der Waals surface area contributed by atoms with E-state index in [2.05, 4.69) is 17.0 Å². The van der Waals surface area contributed by atoms with Crippen molar-refractivity contribution in [3.05, 3.63) is 74.4 Å². The summed E-state index contributed by atoms with van der Waals surface area (Å²) in [4.78, 5) is 36.7. The maximum absolute atomic E-state index is 13.7. The van der Waals surface area contributed by atoms with Crippen LogP contribution in [-0.2, 0) is 4.79 Å². The minimum absolute atomic E-state index is 0.0990. The van der Waals surface area contributed by atoms with E-state index in [1.807, 2.05) is 42.5 Å². The van der Waals surface area contributed by atoms with E-state index in [9.17, 15) is 9.59 Å². The molecule has 0 radical (unpaired) electrons. The van der Waals surface area contributed by atoms with E-state index in [-0.39, 0.29) is 17.6 Å². The topological polar surface area (TPSA) is 74.6 Å². The number of hydrogen-bond donors (Lipinski definition) is 0. The Kier molecular flexibility index (Phi) is 6.65. The van der Waals surface area contributed by atoms with Gasteiger partial charge in [-0.05, 0) is 49.4 Å². The van der Waals surface area contributed by atoms with Crippen LogP contribution in [0.25, 0.3) is 5.69 Å². The number of allylic oxidation sites excluding steroid dienone is 2. The Bertz CT molecular complexity index is 1330. The first-order valence-corrected chi connectivity index (χ1v) is 13.3. The first kappa shape index (κ1) is 24.9. The molecule has 0 atom stereocenters. The lowest BCUT2D eigenvalue weighted by Gasteiger charge is -2.47. The highest BCUT2D eigenvalue weighted by atomic mass is 35.5. The Hall–Kier alpha value is -2.75. The molecule has 188 valence electrons. The van der Waals surface area contributed by atoms with Crippen LogP contribution in [0, 0.1) is 0 Å². The molecule has 0 aliphatic carbocycles. The molecule has 0 unspecified atom stereocenters. The molecule has 5 rings (SSSR count). The largest absolute Gasteiger partial charge is 0.333 e. The van der Waals surface area contributed by atoms with Gasteiger partial charge in [-0.2, -0.15) is 0 Å². The smallest absolute Gasteiger partial charge is 0.294 e. The van der Waals surface area contributed by atoms with Crippen molar-refractivity contribution in [2.45, 2.75) is 39.2 Å². The molecule has 4 heterocycles. The molecule has 3 aliphatic rings. The van der Waals surface area contributed by atoms with Crippen LogP contribution in [0.1, 0.15) is 44.2 Å². The second-order valence-corrected chi connectivity index (χ2v) is 11.2. The Morgan fingerprint density at radius 3 is 2.69 bits per heavy atom. The van der Waals surface area contributed by atoms with Crippen LogP contribution >= 0.6 is 35.0 Å². The summed E-state index contributed by atoms with van der Waals surface area (Å²) in [5, 5.41) is 8.55. The number of thioether (sulfide) groups is 1. The second kappa shape index (κ2) is 9.61. The molecule has 1 saturated heterocycles. The lowest BCUT2D eigenvalue weighted by Crippen LogP contribution is -2.62. The fourth-order valence-electron chi connectivity index (χ4n) is 4.76. The number of hydrogen-bond acceptors (Lipinski definition) is 6. The zero-order chi connectivity index (χ0) is 25.6. The van der Waals surface area contributed by atoms with Gasteiger partial charge in [0.2, 0.25) is 5.82 Å². The first-order valence-electron chi connectivity index (χ1n) is 11.7. The van der Waals surface area contributed by atoms with E-state index in [1.165, 1.54) is 16.6 Å². The minimum atomic E-state index is -0.628. The lowest BCUT2D eigenvalue weighted by molar-refractivity contribution is -0.132. The Balaban J connectivity index is 1.32. The molecule has 0 N–H and O–H groups in total. The summed E-state index contributed by atoms with van der Waals surface area (Å²) in [6.45, 7) is 7.11. The van der Waals surface area contributed by atoms with Crippen molar-refractivity contribution in [3.63, 3.8) is 0 Å². The van der Waals surface area contributed by atoms with Crippen LogP contribution in [0.5, 0.6) is 0 Å². The highest BCUT2D eigenvalue weighted by Gasteiger charge is 2.42. The molecule has 0 bridgehead atoms. The normalized spacial score (nSPS) is 19.3. The number of amides is 2. The number of rotatable bonds is 4. The van der Waals surface area contributed by atoms with Gasteiger partial charge in [-0.3, -0.25) is 9.59 Å². The maximum Gasteiger partial charge on any atom is 0.294 e. The van der Waals surface area contributed by atoms with Gasteiger partial charge in [0.25, 0.3) is 11.8 Å². The third-order valence-corrected chi connectivity index (χ3v) is 8.11. The van der Waals surface area contributed by atoms with Gasteiger partial charge in [-0.1, -0.05) is 48.0 Å². The monoisotopic (exact) mass is 544 g/mol. The summed E-state index contributed by atoms with van der Waals surface area (Å²) in [6, 6.07) is 7.17. The average molecular weight is 545 g/mol. The number of halogens is 2. The third-order valence-electron chi connectivity index (χ3n) is 6.60. The van der Waals surface area contributed by atoms with Crippen LogP contribution in [0.4, 0.5) is 0 Å². The number of nitrogens with zero attached hydrogens (tertiary/aromatic N) is 6. The number of piperazine rings is 1. The number of benzene rings is 1. The second-order valence-electron chi connectivity index (χ2n) is 9.45. The Morgan fingerprint density at radius 2 is 1.97 bits per heavy atom. The number of carbonyl (C=O) groups is 2. The number of carbonyl (C=O) groups excluding carboxylic acids is 2. The van der Waals surface area contributed by atoms with Gasteiger partial charge in [0.1, 0.15) is 12.0 Å². The molecular formula is C25H26Cl2N6O2S. The van der Waals surface area contributed by atoms with Gasteiger partial charge in [-0.25, -0.2) is 9.67 Å². The van der Waals surface area contributed by atoms with Gasteiger partial charge in [0.15, 0.2) is 0 Å². The van der Waals surface area contributed by atoms with Crippen LogP contribution in [0.3, 0.4) is 0 Å². The summed E-state index contributed by atoms with van der Waals surface area (Å²) >= 11 is 14.3. The van der Waals surface area contributed by atoms with Gasteiger partial charge in [0.05, 0.1) is 21.3 Å². The molecular weight excluding hydrogens is 519 g/mol. The van der Waals surface area contributed by atoms with Gasteiger partial charge >= 0.3 is 0 Å². The van der Waals surface area contributed by atoms with E-state index in [4.69, 9.17) is 23.2 Å². The predicted octanol–water partition coefficient (Wildman–Crippen LogP) is 4.98. The molecule has 8 nitrogen and oxygen atoms in total. The SMILES string of the molecule is CCC1=C2SC=CN2C(C(=O)N2CCN(C(=O)c3ncn(-c4cccc(Cl)c4)n3)C(C)(C)C2)=C(Cl)C1. The molecule has 36 heavy (non-hydrogen) atoms. The predicted molar refractivity (Wildman–Crippen MR) is 141 cm³/mol. The van der Waals surface area contributed by atoms with Gasteiger partial charge in [-0.15, -0.1) is 5.10 Å². The molecule has 2 amide bonds. The summed E-state index contributed by atoms with van der Waals surface area (Å²) in [5.74, 6) is -0.301. The van der Waals surface area contributed by atoms with Crippen molar-refractivity contribution in [2.75, 3.05) is 19.6 Å². The van der Waals surface area contributed by atoms with Crippen molar-refractivity contribution in [2.24, 2.45) is 0 Å². The zero-order valence-corrected chi connectivity index (χ0v) is 22.6. The van der Waals surface area contributed by atoms with Crippen LogP contribution in [0.15, 0.2) is 63.5 Å². The quantitative estimate of drug-likeness (QED) is 0.540. The zero-order valence-electron chi connectivity index (χ0n) is 20.2. The van der Waals surface area contributed by atoms with Crippen LogP contribution < -0.4 is 0 Å². The van der Waals surface area contributed by atoms with E-state index < -0.39 is 5.54 Å². The van der Waals surface area contributed by atoms with Crippen molar-refractivity contribution in [3.8, 4) is 5.69 Å². The Labute approximate surface area is 224 Å². The van der Waals surface area contributed by atoms with Crippen LogP contribution in [0.2, 0.25) is 5.02 Å². The molecule has 1 fully saturated rings. The van der Waals surface area contributed by atoms with E-state index in [0.29, 0.717) is 41.8 Å². The maximum atomic E-state index is 13.7. The third kappa shape index (κ3) is 4.44. The molecule has 0 spiro atoms.